The zero-order valence-corrected chi connectivity index (χ0v) is 14.6. The smallest absolute Gasteiger partial charge is 0.229 e. The number of carbonyl (C=O) groups excluding carboxylic acids is 1. The second kappa shape index (κ2) is 5.54. The van der Waals surface area contributed by atoms with Crippen LogP contribution in [0.15, 0.2) is 0 Å². The summed E-state index contributed by atoms with van der Waals surface area (Å²) in [5.74, 6) is 3.16. The second-order valence-electron chi connectivity index (χ2n) is 8.35. The Morgan fingerprint density at radius 2 is 1.62 bits per heavy atom. The molecule has 4 saturated carbocycles. The number of amides is 1. The number of halogens is 1. The van der Waals surface area contributed by atoms with Gasteiger partial charge in [0.25, 0.3) is 0 Å². The Kier molecular flexibility index (Phi) is 3.84. The molecule has 3 heteroatoms. The normalized spacial score (nSPS) is 45.7. The molecule has 5 rings (SSSR count). The van der Waals surface area contributed by atoms with Crippen LogP contribution in [0.5, 0.6) is 0 Å². The summed E-state index contributed by atoms with van der Waals surface area (Å²) in [5.41, 5.74) is 0.0551. The Morgan fingerprint density at radius 3 is 2.19 bits per heavy atom. The Labute approximate surface area is 137 Å². The lowest BCUT2D eigenvalue weighted by Gasteiger charge is -2.57. The average Bonchev–Trinajstić information content (AvgIpc) is 2.70. The maximum atomic E-state index is 13.5. The molecule has 5 fully saturated rings. The third kappa shape index (κ3) is 2.48. The van der Waals surface area contributed by atoms with Gasteiger partial charge in [-0.15, -0.1) is 0 Å². The molecule has 0 radical (unpaired) electrons. The topological polar surface area (TPSA) is 20.3 Å². The minimum atomic E-state index is 0.0551. The van der Waals surface area contributed by atoms with E-state index in [0.29, 0.717) is 11.9 Å². The minimum absolute atomic E-state index is 0.0551. The number of hydrogen-bond acceptors (Lipinski definition) is 1. The molecule has 5 aliphatic rings. The first-order valence-corrected chi connectivity index (χ1v) is 10.2. The van der Waals surface area contributed by atoms with E-state index in [4.69, 9.17) is 0 Å². The van der Waals surface area contributed by atoms with E-state index in [1.54, 1.807) is 0 Å². The molecule has 21 heavy (non-hydrogen) atoms. The number of alkyl halides is 1. The third-order valence-electron chi connectivity index (χ3n) is 6.81. The largest absolute Gasteiger partial charge is 0.338 e. The Morgan fingerprint density at radius 1 is 1.00 bits per heavy atom. The van der Waals surface area contributed by atoms with E-state index in [9.17, 15) is 4.79 Å². The maximum absolute atomic E-state index is 13.5. The van der Waals surface area contributed by atoms with Crippen molar-refractivity contribution in [1.29, 1.82) is 0 Å². The number of rotatable bonds is 2. The molecule has 1 heterocycles. The Bertz CT molecular complexity index is 386. The fourth-order valence-corrected chi connectivity index (χ4v) is 6.96. The van der Waals surface area contributed by atoms with E-state index in [0.717, 1.165) is 29.6 Å². The van der Waals surface area contributed by atoms with Crippen LogP contribution >= 0.6 is 15.9 Å². The molecule has 4 bridgehead atoms. The summed E-state index contributed by atoms with van der Waals surface area (Å²) >= 11 is 3.67. The highest BCUT2D eigenvalue weighted by atomic mass is 79.9. The molecule has 1 saturated heterocycles. The van der Waals surface area contributed by atoms with Crippen LogP contribution in [0.1, 0.15) is 64.2 Å². The number of likely N-dealkylation sites (tertiary alicyclic amines) is 1. The molecule has 0 spiro atoms. The molecular formula is C18H28BrNO. The lowest BCUT2D eigenvalue weighted by molar-refractivity contribution is -0.159. The summed E-state index contributed by atoms with van der Waals surface area (Å²) in [4.78, 5) is 15.8. The Hall–Kier alpha value is -0.0500. The fraction of sp³-hybridized carbons (Fsp3) is 0.944. The molecule has 4 aliphatic carbocycles. The zero-order chi connectivity index (χ0) is 14.4. The van der Waals surface area contributed by atoms with Gasteiger partial charge in [-0.3, -0.25) is 4.79 Å². The van der Waals surface area contributed by atoms with Gasteiger partial charge in [-0.1, -0.05) is 28.8 Å². The maximum Gasteiger partial charge on any atom is 0.229 e. The van der Waals surface area contributed by atoms with Crippen LogP contribution in [-0.4, -0.2) is 28.7 Å². The first-order chi connectivity index (χ1) is 10.2. The highest BCUT2D eigenvalue weighted by Crippen LogP contribution is 2.60. The fourth-order valence-electron chi connectivity index (χ4n) is 6.28. The van der Waals surface area contributed by atoms with Crippen molar-refractivity contribution in [3.05, 3.63) is 0 Å². The van der Waals surface area contributed by atoms with Crippen molar-refractivity contribution in [3.8, 4) is 0 Å². The summed E-state index contributed by atoms with van der Waals surface area (Å²) < 4.78 is 0. The minimum Gasteiger partial charge on any atom is -0.338 e. The van der Waals surface area contributed by atoms with Crippen molar-refractivity contribution in [1.82, 2.24) is 4.90 Å². The second-order valence-corrected chi connectivity index (χ2v) is 9.00. The van der Waals surface area contributed by atoms with E-state index < -0.39 is 0 Å². The SMILES string of the molecule is O=C(N1CCCCCC1CBr)C12CC3CC(CC(C3)C1)C2. The van der Waals surface area contributed by atoms with Crippen molar-refractivity contribution in [2.75, 3.05) is 11.9 Å². The predicted octanol–water partition coefficient (Wildman–Crippen LogP) is 4.37. The summed E-state index contributed by atoms with van der Waals surface area (Å²) in [6.45, 7) is 1.01. The van der Waals surface area contributed by atoms with E-state index in [2.05, 4.69) is 20.8 Å². The van der Waals surface area contributed by atoms with Gasteiger partial charge in [0, 0.05) is 17.9 Å². The molecule has 1 unspecified atom stereocenters. The molecule has 0 aromatic rings. The first kappa shape index (κ1) is 14.5. The van der Waals surface area contributed by atoms with Crippen molar-refractivity contribution in [2.45, 2.75) is 70.3 Å². The molecule has 0 aromatic carbocycles. The number of nitrogens with zero attached hydrogens (tertiary/aromatic N) is 1. The standard InChI is InChI=1S/C18H28BrNO/c19-12-16-4-2-1-3-5-20(16)17(21)18-9-13-6-14(10-18)8-15(7-13)11-18/h13-16H,1-12H2. The van der Waals surface area contributed by atoms with Gasteiger partial charge in [-0.05, 0) is 69.1 Å². The third-order valence-corrected chi connectivity index (χ3v) is 7.56. The van der Waals surface area contributed by atoms with Crippen LogP contribution in [0.2, 0.25) is 0 Å². The van der Waals surface area contributed by atoms with Gasteiger partial charge in [0.05, 0.1) is 5.41 Å². The molecule has 1 aliphatic heterocycles. The lowest BCUT2D eigenvalue weighted by atomic mass is 9.49. The molecule has 1 amide bonds. The van der Waals surface area contributed by atoms with Gasteiger partial charge in [-0.2, -0.15) is 0 Å². The lowest BCUT2D eigenvalue weighted by Crippen LogP contribution is -2.56. The first-order valence-electron chi connectivity index (χ1n) is 9.07. The average molecular weight is 354 g/mol. The highest BCUT2D eigenvalue weighted by molar-refractivity contribution is 9.09. The van der Waals surface area contributed by atoms with Crippen LogP contribution in [0.25, 0.3) is 0 Å². The molecule has 2 nitrogen and oxygen atoms in total. The van der Waals surface area contributed by atoms with Crippen LogP contribution in [0.4, 0.5) is 0 Å². The van der Waals surface area contributed by atoms with Crippen molar-refractivity contribution >= 4 is 21.8 Å². The monoisotopic (exact) mass is 353 g/mol. The van der Waals surface area contributed by atoms with E-state index in [1.165, 1.54) is 64.2 Å². The summed E-state index contributed by atoms with van der Waals surface area (Å²) in [6.07, 6.45) is 12.9. The van der Waals surface area contributed by atoms with Gasteiger partial charge >= 0.3 is 0 Å². The van der Waals surface area contributed by atoms with E-state index >= 15 is 0 Å². The van der Waals surface area contributed by atoms with Crippen LogP contribution < -0.4 is 0 Å². The van der Waals surface area contributed by atoms with Crippen LogP contribution in [0, 0.1) is 23.2 Å². The molecule has 1 atom stereocenters. The summed E-state index contributed by atoms with van der Waals surface area (Å²) in [6, 6.07) is 0.452. The zero-order valence-electron chi connectivity index (χ0n) is 13.0. The number of hydrogen-bond donors (Lipinski definition) is 0. The summed E-state index contributed by atoms with van der Waals surface area (Å²) in [7, 11) is 0. The van der Waals surface area contributed by atoms with Gasteiger partial charge in [0.15, 0.2) is 0 Å². The number of carbonyl (C=O) groups is 1. The molecule has 0 aromatic heterocycles. The highest BCUT2D eigenvalue weighted by Gasteiger charge is 2.56. The molecule has 0 N–H and O–H groups in total. The molecule has 118 valence electrons. The van der Waals surface area contributed by atoms with Gasteiger partial charge in [0.2, 0.25) is 5.91 Å². The van der Waals surface area contributed by atoms with Gasteiger partial charge in [-0.25, -0.2) is 0 Å². The van der Waals surface area contributed by atoms with Crippen molar-refractivity contribution in [2.24, 2.45) is 23.2 Å². The van der Waals surface area contributed by atoms with Gasteiger partial charge in [0.1, 0.15) is 0 Å². The Balaban J connectivity index is 1.58. The van der Waals surface area contributed by atoms with Gasteiger partial charge < -0.3 is 4.90 Å². The summed E-state index contributed by atoms with van der Waals surface area (Å²) in [5, 5.41) is 0.963. The predicted molar refractivity (Wildman–Crippen MR) is 88.4 cm³/mol. The van der Waals surface area contributed by atoms with E-state index in [1.807, 2.05) is 0 Å². The molecular weight excluding hydrogens is 326 g/mol. The van der Waals surface area contributed by atoms with Crippen LogP contribution in [-0.2, 0) is 4.79 Å². The van der Waals surface area contributed by atoms with Crippen LogP contribution in [0.3, 0.4) is 0 Å². The van der Waals surface area contributed by atoms with E-state index in [-0.39, 0.29) is 5.41 Å². The quantitative estimate of drug-likeness (QED) is 0.675. The van der Waals surface area contributed by atoms with Crippen molar-refractivity contribution < 1.29 is 4.79 Å². The van der Waals surface area contributed by atoms with Crippen molar-refractivity contribution in [3.63, 3.8) is 0 Å².